The summed E-state index contributed by atoms with van der Waals surface area (Å²) in [6.07, 6.45) is 0.153. The molecule has 0 amide bonds. The number of ketones is 1. The lowest BCUT2D eigenvalue weighted by Crippen LogP contribution is -2.41. The summed E-state index contributed by atoms with van der Waals surface area (Å²) in [7, 11) is 0. The average molecular weight is 220 g/mol. The van der Waals surface area contributed by atoms with Crippen molar-refractivity contribution in [3.8, 4) is 0 Å². The highest BCUT2D eigenvalue weighted by Gasteiger charge is 2.37. The molecule has 2 nitrogen and oxygen atoms in total. The first kappa shape index (κ1) is 12.9. The van der Waals surface area contributed by atoms with Gasteiger partial charge in [-0.3, -0.25) is 4.79 Å². The largest absolute Gasteiger partial charge is 0.389 e. The van der Waals surface area contributed by atoms with Gasteiger partial charge >= 0.3 is 0 Å². The van der Waals surface area contributed by atoms with Gasteiger partial charge in [0.05, 0.1) is 5.60 Å². The topological polar surface area (TPSA) is 37.3 Å². The van der Waals surface area contributed by atoms with Gasteiger partial charge in [-0.15, -0.1) is 0 Å². The number of aliphatic hydroxyl groups is 1. The summed E-state index contributed by atoms with van der Waals surface area (Å²) in [5, 5.41) is 10.3. The molecule has 0 aliphatic heterocycles. The van der Waals surface area contributed by atoms with E-state index in [0.29, 0.717) is 5.56 Å². The fourth-order valence-corrected chi connectivity index (χ4v) is 1.30. The van der Waals surface area contributed by atoms with Gasteiger partial charge in [0, 0.05) is 12.0 Å². The number of Topliss-reactive ketones (excluding diaryl/α,β-unsaturated/α-hetero) is 1. The second kappa shape index (κ2) is 4.38. The molecular weight excluding hydrogens is 200 g/mol. The van der Waals surface area contributed by atoms with Gasteiger partial charge in [-0.05, 0) is 12.3 Å². The summed E-state index contributed by atoms with van der Waals surface area (Å²) in [6, 6.07) is 9.10. The lowest BCUT2D eigenvalue weighted by atomic mass is 9.74. The molecule has 1 atom stereocenters. The molecule has 88 valence electrons. The molecule has 0 aliphatic carbocycles. The summed E-state index contributed by atoms with van der Waals surface area (Å²) in [5.41, 5.74) is -0.635. The van der Waals surface area contributed by atoms with Crippen LogP contribution in [0.25, 0.3) is 0 Å². The first-order chi connectivity index (χ1) is 7.24. The normalized spacial score (nSPS) is 15.6. The van der Waals surface area contributed by atoms with E-state index in [0.717, 1.165) is 0 Å². The maximum atomic E-state index is 11.9. The van der Waals surface area contributed by atoms with Crippen LogP contribution in [0.5, 0.6) is 0 Å². The van der Waals surface area contributed by atoms with Gasteiger partial charge in [0.1, 0.15) is 0 Å². The highest BCUT2D eigenvalue weighted by molar-refractivity contribution is 5.96. The van der Waals surface area contributed by atoms with Gasteiger partial charge in [0.25, 0.3) is 0 Å². The van der Waals surface area contributed by atoms with Gasteiger partial charge in [-0.1, -0.05) is 51.1 Å². The first-order valence-electron chi connectivity index (χ1n) is 5.55. The van der Waals surface area contributed by atoms with Crippen LogP contribution in [0.3, 0.4) is 0 Å². The Kier molecular flexibility index (Phi) is 3.54. The van der Waals surface area contributed by atoms with Crippen LogP contribution in [0, 0.1) is 5.41 Å². The number of carbonyl (C=O) groups is 1. The summed E-state index contributed by atoms with van der Waals surface area (Å²) in [6.45, 7) is 7.52. The fourth-order valence-electron chi connectivity index (χ4n) is 1.30. The molecule has 0 radical (unpaired) electrons. The van der Waals surface area contributed by atoms with Crippen LogP contribution in [-0.2, 0) is 0 Å². The zero-order valence-corrected chi connectivity index (χ0v) is 10.4. The third-order valence-electron chi connectivity index (χ3n) is 3.22. The van der Waals surface area contributed by atoms with Crippen molar-refractivity contribution in [2.45, 2.75) is 39.7 Å². The Hall–Kier alpha value is -1.15. The molecular formula is C14H20O2. The molecule has 16 heavy (non-hydrogen) atoms. The zero-order chi connectivity index (χ0) is 12.4. The quantitative estimate of drug-likeness (QED) is 0.795. The molecule has 1 unspecified atom stereocenters. The Morgan fingerprint density at radius 3 is 2.06 bits per heavy atom. The second-order valence-corrected chi connectivity index (χ2v) is 5.49. The van der Waals surface area contributed by atoms with Crippen LogP contribution in [0.4, 0.5) is 0 Å². The molecule has 2 heteroatoms. The number of benzene rings is 1. The van der Waals surface area contributed by atoms with Crippen molar-refractivity contribution in [3.05, 3.63) is 35.9 Å². The smallest absolute Gasteiger partial charge is 0.165 e. The first-order valence-corrected chi connectivity index (χ1v) is 5.55. The van der Waals surface area contributed by atoms with Crippen LogP contribution in [0.2, 0.25) is 0 Å². The van der Waals surface area contributed by atoms with Gasteiger partial charge in [0.15, 0.2) is 5.78 Å². The van der Waals surface area contributed by atoms with E-state index in [2.05, 4.69) is 0 Å². The monoisotopic (exact) mass is 220 g/mol. The second-order valence-electron chi connectivity index (χ2n) is 5.49. The van der Waals surface area contributed by atoms with E-state index in [9.17, 15) is 9.90 Å². The summed E-state index contributed by atoms with van der Waals surface area (Å²) in [4.78, 5) is 11.9. The van der Waals surface area contributed by atoms with Crippen molar-refractivity contribution in [2.75, 3.05) is 0 Å². The summed E-state index contributed by atoms with van der Waals surface area (Å²) in [5.74, 6) is -0.0134. The standard InChI is InChI=1S/C14H20O2/c1-13(2,3)14(4,16)10-12(15)11-8-6-5-7-9-11/h5-9,16H,10H2,1-4H3. The molecule has 0 heterocycles. The number of carbonyl (C=O) groups excluding carboxylic acids is 1. The molecule has 1 aromatic rings. The predicted molar refractivity (Wildman–Crippen MR) is 65.5 cm³/mol. The van der Waals surface area contributed by atoms with Crippen LogP contribution >= 0.6 is 0 Å². The van der Waals surface area contributed by atoms with Crippen LogP contribution in [0.1, 0.15) is 44.5 Å². The van der Waals surface area contributed by atoms with E-state index in [1.807, 2.05) is 39.0 Å². The van der Waals surface area contributed by atoms with Gasteiger partial charge in [0.2, 0.25) is 0 Å². The van der Waals surface area contributed by atoms with E-state index in [1.54, 1.807) is 19.1 Å². The molecule has 0 fully saturated rings. The van der Waals surface area contributed by atoms with E-state index < -0.39 is 5.60 Å². The van der Waals surface area contributed by atoms with Gasteiger partial charge < -0.3 is 5.11 Å². The minimum Gasteiger partial charge on any atom is -0.389 e. The molecule has 1 rings (SSSR count). The molecule has 1 N–H and O–H groups in total. The predicted octanol–water partition coefficient (Wildman–Crippen LogP) is 3.06. The van der Waals surface area contributed by atoms with Gasteiger partial charge in [-0.25, -0.2) is 0 Å². The van der Waals surface area contributed by atoms with Crippen molar-refractivity contribution in [1.29, 1.82) is 0 Å². The van der Waals surface area contributed by atoms with E-state index >= 15 is 0 Å². The number of rotatable bonds is 3. The zero-order valence-electron chi connectivity index (χ0n) is 10.4. The maximum Gasteiger partial charge on any atom is 0.165 e. The maximum absolute atomic E-state index is 11.9. The minimum atomic E-state index is -0.986. The molecule has 0 spiro atoms. The van der Waals surface area contributed by atoms with Crippen molar-refractivity contribution < 1.29 is 9.90 Å². The fraction of sp³-hybridized carbons (Fsp3) is 0.500. The minimum absolute atomic E-state index is 0.0134. The van der Waals surface area contributed by atoms with Crippen molar-refractivity contribution >= 4 is 5.78 Å². The van der Waals surface area contributed by atoms with Crippen LogP contribution in [0.15, 0.2) is 30.3 Å². The van der Waals surface area contributed by atoms with Crippen molar-refractivity contribution in [2.24, 2.45) is 5.41 Å². The van der Waals surface area contributed by atoms with E-state index in [1.165, 1.54) is 0 Å². The molecule has 0 aromatic heterocycles. The molecule has 0 bridgehead atoms. The van der Waals surface area contributed by atoms with E-state index in [4.69, 9.17) is 0 Å². The van der Waals surface area contributed by atoms with E-state index in [-0.39, 0.29) is 17.6 Å². The Balaban J connectivity index is 2.80. The third-order valence-corrected chi connectivity index (χ3v) is 3.22. The Bertz CT molecular complexity index is 358. The SMILES string of the molecule is CC(C)(C)C(C)(O)CC(=O)c1ccccc1. The van der Waals surface area contributed by atoms with Crippen molar-refractivity contribution in [3.63, 3.8) is 0 Å². The van der Waals surface area contributed by atoms with Gasteiger partial charge in [-0.2, -0.15) is 0 Å². The molecule has 0 saturated carbocycles. The highest BCUT2D eigenvalue weighted by atomic mass is 16.3. The van der Waals surface area contributed by atoms with Crippen LogP contribution < -0.4 is 0 Å². The molecule has 0 saturated heterocycles. The molecule has 0 aliphatic rings. The number of hydrogen-bond donors (Lipinski definition) is 1. The Morgan fingerprint density at radius 2 is 1.62 bits per heavy atom. The Morgan fingerprint density at radius 1 is 1.12 bits per heavy atom. The summed E-state index contributed by atoms with van der Waals surface area (Å²) >= 11 is 0. The van der Waals surface area contributed by atoms with Crippen LogP contribution in [-0.4, -0.2) is 16.5 Å². The van der Waals surface area contributed by atoms with Crippen molar-refractivity contribution in [1.82, 2.24) is 0 Å². The average Bonchev–Trinajstić information content (AvgIpc) is 2.16. The Labute approximate surface area is 97.3 Å². The molecule has 1 aromatic carbocycles. The highest BCUT2D eigenvalue weighted by Crippen LogP contribution is 2.33. The lowest BCUT2D eigenvalue weighted by Gasteiger charge is -2.36. The number of hydrogen-bond acceptors (Lipinski definition) is 2. The summed E-state index contributed by atoms with van der Waals surface area (Å²) < 4.78 is 0. The lowest BCUT2D eigenvalue weighted by molar-refractivity contribution is -0.0414. The third kappa shape index (κ3) is 2.92.